The Balaban J connectivity index is 2.91. The van der Waals surface area contributed by atoms with Crippen molar-refractivity contribution in [1.82, 2.24) is 4.90 Å². The molecule has 0 N–H and O–H groups in total. The summed E-state index contributed by atoms with van der Waals surface area (Å²) >= 11 is 3.27. The van der Waals surface area contributed by atoms with Crippen LogP contribution in [-0.2, 0) is 11.3 Å². The highest BCUT2D eigenvalue weighted by atomic mass is 79.9. The van der Waals surface area contributed by atoms with Gasteiger partial charge < -0.3 is 14.4 Å². The Morgan fingerprint density at radius 3 is 2.56 bits per heavy atom. The number of ether oxygens (including phenoxy) is 2. The van der Waals surface area contributed by atoms with Gasteiger partial charge in [-0.15, -0.1) is 0 Å². The van der Waals surface area contributed by atoms with E-state index in [1.54, 1.807) is 26.2 Å². The van der Waals surface area contributed by atoms with Crippen LogP contribution in [0.1, 0.15) is 12.5 Å². The maximum absolute atomic E-state index is 11.8. The zero-order chi connectivity index (χ0) is 13.7. The predicted molar refractivity (Wildman–Crippen MR) is 74.4 cm³/mol. The third-order valence-corrected chi connectivity index (χ3v) is 3.00. The number of halogens is 1. The largest absolute Gasteiger partial charge is 0.497 e. The summed E-state index contributed by atoms with van der Waals surface area (Å²) in [7, 11) is 4.99. The zero-order valence-corrected chi connectivity index (χ0v) is 12.7. The van der Waals surface area contributed by atoms with Crippen molar-refractivity contribution in [2.45, 2.75) is 18.3 Å². The fourth-order valence-electron chi connectivity index (χ4n) is 1.64. The SMILES string of the molecule is COc1ccc(OC)c(CN(C)C(=O)C(C)Br)c1. The van der Waals surface area contributed by atoms with Gasteiger partial charge >= 0.3 is 0 Å². The van der Waals surface area contributed by atoms with E-state index in [1.165, 1.54) is 0 Å². The second-order valence-corrected chi connectivity index (χ2v) is 5.36. The van der Waals surface area contributed by atoms with E-state index in [4.69, 9.17) is 9.47 Å². The van der Waals surface area contributed by atoms with E-state index in [0.717, 1.165) is 17.1 Å². The molecule has 1 aromatic rings. The van der Waals surface area contributed by atoms with Gasteiger partial charge in [0, 0.05) is 19.2 Å². The molecule has 0 fully saturated rings. The summed E-state index contributed by atoms with van der Waals surface area (Å²) < 4.78 is 10.5. The zero-order valence-electron chi connectivity index (χ0n) is 11.1. The number of rotatable bonds is 5. The summed E-state index contributed by atoms with van der Waals surface area (Å²) in [6.45, 7) is 2.29. The van der Waals surface area contributed by atoms with Crippen LogP contribution < -0.4 is 9.47 Å². The summed E-state index contributed by atoms with van der Waals surface area (Å²) in [6, 6.07) is 5.54. The fourth-order valence-corrected chi connectivity index (χ4v) is 1.99. The van der Waals surface area contributed by atoms with Crippen LogP contribution in [0.15, 0.2) is 18.2 Å². The van der Waals surface area contributed by atoms with Gasteiger partial charge in [0.05, 0.1) is 19.0 Å². The van der Waals surface area contributed by atoms with Crippen LogP contribution in [0.2, 0.25) is 0 Å². The molecule has 18 heavy (non-hydrogen) atoms. The summed E-state index contributed by atoms with van der Waals surface area (Å²) in [5, 5.41) is 0. The van der Waals surface area contributed by atoms with Crippen molar-refractivity contribution in [3.63, 3.8) is 0 Å². The first kappa shape index (κ1) is 14.8. The molecule has 1 atom stereocenters. The Labute approximate surface area is 116 Å². The van der Waals surface area contributed by atoms with Gasteiger partial charge in [-0.1, -0.05) is 15.9 Å². The lowest BCUT2D eigenvalue weighted by atomic mass is 10.1. The lowest BCUT2D eigenvalue weighted by Crippen LogP contribution is -2.31. The molecule has 0 aliphatic carbocycles. The first-order chi connectivity index (χ1) is 8.49. The monoisotopic (exact) mass is 315 g/mol. The van der Waals surface area contributed by atoms with Crippen LogP contribution in [0.3, 0.4) is 0 Å². The highest BCUT2D eigenvalue weighted by Crippen LogP contribution is 2.25. The number of alkyl halides is 1. The van der Waals surface area contributed by atoms with E-state index < -0.39 is 0 Å². The van der Waals surface area contributed by atoms with Gasteiger partial charge in [0.25, 0.3) is 0 Å². The molecule has 0 saturated heterocycles. The first-order valence-electron chi connectivity index (χ1n) is 5.59. The number of carbonyl (C=O) groups excluding carboxylic acids is 1. The van der Waals surface area contributed by atoms with E-state index in [-0.39, 0.29) is 10.7 Å². The Hall–Kier alpha value is -1.23. The van der Waals surface area contributed by atoms with Crippen molar-refractivity contribution >= 4 is 21.8 Å². The lowest BCUT2D eigenvalue weighted by molar-refractivity contribution is -0.129. The van der Waals surface area contributed by atoms with E-state index in [1.807, 2.05) is 25.1 Å². The van der Waals surface area contributed by atoms with E-state index >= 15 is 0 Å². The smallest absolute Gasteiger partial charge is 0.236 e. The normalized spacial score (nSPS) is 11.8. The van der Waals surface area contributed by atoms with E-state index in [9.17, 15) is 4.79 Å². The lowest BCUT2D eigenvalue weighted by Gasteiger charge is -2.20. The minimum absolute atomic E-state index is 0.0277. The fraction of sp³-hybridized carbons (Fsp3) is 0.462. The van der Waals surface area contributed by atoms with E-state index in [2.05, 4.69) is 15.9 Å². The Kier molecular flexibility index (Phi) is 5.47. The van der Waals surface area contributed by atoms with Crippen LogP contribution in [0.4, 0.5) is 0 Å². The van der Waals surface area contributed by atoms with Gasteiger partial charge in [0.2, 0.25) is 5.91 Å². The molecule has 0 radical (unpaired) electrons. The van der Waals surface area contributed by atoms with Crippen molar-refractivity contribution in [1.29, 1.82) is 0 Å². The molecule has 0 spiro atoms. The number of nitrogens with zero attached hydrogens (tertiary/aromatic N) is 1. The summed E-state index contributed by atoms with van der Waals surface area (Å²) in [6.07, 6.45) is 0. The molecule has 0 heterocycles. The molecule has 0 bridgehead atoms. The average molecular weight is 316 g/mol. The van der Waals surface area contributed by atoms with Crippen LogP contribution in [-0.4, -0.2) is 36.9 Å². The molecule has 4 nitrogen and oxygen atoms in total. The number of amides is 1. The van der Waals surface area contributed by atoms with Crippen molar-refractivity contribution in [3.8, 4) is 11.5 Å². The van der Waals surface area contributed by atoms with Crippen molar-refractivity contribution in [2.75, 3.05) is 21.3 Å². The quantitative estimate of drug-likeness (QED) is 0.783. The topological polar surface area (TPSA) is 38.8 Å². The molecule has 0 aromatic heterocycles. The number of methoxy groups -OCH3 is 2. The van der Waals surface area contributed by atoms with Crippen molar-refractivity contribution in [2.24, 2.45) is 0 Å². The minimum atomic E-state index is -0.195. The second kappa shape index (κ2) is 6.64. The first-order valence-corrected chi connectivity index (χ1v) is 6.51. The predicted octanol–water partition coefficient (Wildman–Crippen LogP) is 2.45. The van der Waals surface area contributed by atoms with Gasteiger partial charge in [0.15, 0.2) is 0 Å². The molecule has 0 aliphatic rings. The summed E-state index contributed by atoms with van der Waals surface area (Å²) in [5.41, 5.74) is 0.917. The van der Waals surface area contributed by atoms with Gasteiger partial charge in [-0.3, -0.25) is 4.79 Å². The number of carbonyl (C=O) groups is 1. The third kappa shape index (κ3) is 3.63. The maximum atomic E-state index is 11.8. The standard InChI is InChI=1S/C13H18BrNO3/c1-9(14)13(16)15(2)8-10-7-11(17-3)5-6-12(10)18-4/h5-7,9H,8H2,1-4H3. The third-order valence-electron chi connectivity index (χ3n) is 2.61. The molecule has 100 valence electrons. The van der Waals surface area contributed by atoms with Crippen LogP contribution in [0, 0.1) is 0 Å². The molecular weight excluding hydrogens is 298 g/mol. The molecule has 0 saturated carbocycles. The molecule has 5 heteroatoms. The average Bonchev–Trinajstić information content (AvgIpc) is 2.37. The van der Waals surface area contributed by atoms with Crippen LogP contribution in [0.25, 0.3) is 0 Å². The molecule has 1 amide bonds. The summed E-state index contributed by atoms with van der Waals surface area (Å²) in [5.74, 6) is 1.52. The Morgan fingerprint density at radius 1 is 1.39 bits per heavy atom. The minimum Gasteiger partial charge on any atom is -0.497 e. The van der Waals surface area contributed by atoms with Gasteiger partial charge in [-0.25, -0.2) is 0 Å². The maximum Gasteiger partial charge on any atom is 0.236 e. The van der Waals surface area contributed by atoms with Crippen LogP contribution >= 0.6 is 15.9 Å². The molecule has 0 aliphatic heterocycles. The second-order valence-electron chi connectivity index (χ2n) is 3.99. The molecule has 1 aromatic carbocycles. The molecular formula is C13H18BrNO3. The number of benzene rings is 1. The van der Waals surface area contributed by atoms with Crippen LogP contribution in [0.5, 0.6) is 11.5 Å². The van der Waals surface area contributed by atoms with Gasteiger partial charge in [0.1, 0.15) is 11.5 Å². The highest BCUT2D eigenvalue weighted by molar-refractivity contribution is 9.10. The number of hydrogen-bond acceptors (Lipinski definition) is 3. The highest BCUT2D eigenvalue weighted by Gasteiger charge is 2.16. The Bertz CT molecular complexity index is 421. The summed E-state index contributed by atoms with van der Waals surface area (Å²) in [4.78, 5) is 13.3. The van der Waals surface area contributed by atoms with E-state index in [0.29, 0.717) is 6.54 Å². The molecule has 1 rings (SSSR count). The van der Waals surface area contributed by atoms with Gasteiger partial charge in [-0.2, -0.15) is 0 Å². The van der Waals surface area contributed by atoms with Gasteiger partial charge in [-0.05, 0) is 25.1 Å². The number of hydrogen-bond donors (Lipinski definition) is 0. The van der Waals surface area contributed by atoms with Crippen molar-refractivity contribution in [3.05, 3.63) is 23.8 Å². The molecule has 1 unspecified atom stereocenters. The van der Waals surface area contributed by atoms with Crippen molar-refractivity contribution < 1.29 is 14.3 Å². The Morgan fingerprint density at radius 2 is 2.06 bits per heavy atom.